The number of carbonyl (C=O) groups is 1. The fourth-order valence-corrected chi connectivity index (χ4v) is 3.85. The number of ether oxygens (including phenoxy) is 1. The van der Waals surface area contributed by atoms with Crippen LogP contribution in [0.3, 0.4) is 0 Å². The molecule has 0 aliphatic rings. The van der Waals surface area contributed by atoms with E-state index in [0.717, 1.165) is 39.8 Å². The predicted molar refractivity (Wildman–Crippen MR) is 140 cm³/mol. The van der Waals surface area contributed by atoms with Gasteiger partial charge < -0.3 is 15.4 Å². The number of para-hydroxylation sites is 1. The summed E-state index contributed by atoms with van der Waals surface area (Å²) in [6, 6.07) is 25.0. The van der Waals surface area contributed by atoms with Gasteiger partial charge in [0.2, 0.25) is 0 Å². The zero-order valence-electron chi connectivity index (χ0n) is 19.3. The number of carbonyl (C=O) groups excluding carboxylic acids is 1. The van der Waals surface area contributed by atoms with Gasteiger partial charge in [0.05, 0.1) is 23.6 Å². The molecule has 172 valence electrons. The highest BCUT2D eigenvalue weighted by Crippen LogP contribution is 2.24. The normalized spacial score (nSPS) is 10.6. The van der Waals surface area contributed by atoms with E-state index in [2.05, 4.69) is 16.7 Å². The molecule has 0 spiro atoms. The van der Waals surface area contributed by atoms with Crippen molar-refractivity contribution < 1.29 is 9.53 Å². The number of nitrogens with one attached hydrogen (secondary N) is 2. The topological polar surface area (TPSA) is 68.2 Å². The average molecular weight is 471 g/mol. The Morgan fingerprint density at radius 2 is 1.68 bits per heavy atom. The Morgan fingerprint density at radius 3 is 2.44 bits per heavy atom. The molecular formula is C27H26N4O2S. The maximum atomic E-state index is 11.6. The molecule has 0 unspecified atom stereocenters. The molecule has 0 aliphatic heterocycles. The van der Waals surface area contributed by atoms with Gasteiger partial charge in [0, 0.05) is 11.3 Å². The van der Waals surface area contributed by atoms with Gasteiger partial charge in [-0.25, -0.2) is 0 Å². The van der Waals surface area contributed by atoms with Crippen molar-refractivity contribution in [3.05, 3.63) is 101 Å². The second-order valence-electron chi connectivity index (χ2n) is 7.98. The van der Waals surface area contributed by atoms with E-state index in [0.29, 0.717) is 17.2 Å². The van der Waals surface area contributed by atoms with Crippen LogP contribution in [0.15, 0.2) is 78.9 Å². The van der Waals surface area contributed by atoms with Crippen molar-refractivity contribution in [2.24, 2.45) is 0 Å². The Hall–Kier alpha value is -3.97. The molecule has 6 nitrogen and oxygen atoms in total. The summed E-state index contributed by atoms with van der Waals surface area (Å²) in [5.41, 5.74) is 5.13. The van der Waals surface area contributed by atoms with Gasteiger partial charge in [-0.05, 0) is 75.0 Å². The number of ketones is 1. The van der Waals surface area contributed by atoms with E-state index in [1.165, 1.54) is 0 Å². The zero-order valence-corrected chi connectivity index (χ0v) is 20.1. The lowest BCUT2D eigenvalue weighted by Gasteiger charge is -2.12. The minimum Gasteiger partial charge on any atom is -0.457 e. The Kier molecular flexibility index (Phi) is 7.04. The van der Waals surface area contributed by atoms with Crippen LogP contribution < -0.4 is 15.4 Å². The first-order valence-corrected chi connectivity index (χ1v) is 11.3. The van der Waals surface area contributed by atoms with E-state index in [9.17, 15) is 4.79 Å². The molecule has 2 N–H and O–H groups in total. The van der Waals surface area contributed by atoms with Gasteiger partial charge >= 0.3 is 0 Å². The molecule has 3 aromatic carbocycles. The van der Waals surface area contributed by atoms with E-state index in [4.69, 9.17) is 22.1 Å². The van der Waals surface area contributed by atoms with Crippen LogP contribution in [0.1, 0.15) is 34.2 Å². The first-order valence-electron chi connectivity index (χ1n) is 10.9. The summed E-state index contributed by atoms with van der Waals surface area (Å²) in [5.74, 6) is 1.59. The van der Waals surface area contributed by atoms with Crippen LogP contribution in [0.4, 0.5) is 11.4 Å². The lowest BCUT2D eigenvalue weighted by Crippen LogP contribution is -2.20. The minimum absolute atomic E-state index is 0.00808. The fraction of sp³-hybridized carbons (Fsp3) is 0.148. The van der Waals surface area contributed by atoms with Crippen molar-refractivity contribution in [3.8, 4) is 11.5 Å². The third-order valence-electron chi connectivity index (χ3n) is 5.36. The highest BCUT2D eigenvalue weighted by atomic mass is 32.1. The molecule has 0 fully saturated rings. The summed E-state index contributed by atoms with van der Waals surface area (Å²) in [7, 11) is 0. The van der Waals surface area contributed by atoms with Crippen LogP contribution in [0.2, 0.25) is 0 Å². The summed E-state index contributed by atoms with van der Waals surface area (Å²) in [5, 5.41) is 11.5. The molecule has 0 amide bonds. The maximum Gasteiger partial charge on any atom is 0.175 e. The van der Waals surface area contributed by atoms with Crippen LogP contribution in [0.5, 0.6) is 11.5 Å². The zero-order chi connectivity index (χ0) is 24.1. The van der Waals surface area contributed by atoms with Crippen molar-refractivity contribution in [1.29, 1.82) is 0 Å². The van der Waals surface area contributed by atoms with Crippen molar-refractivity contribution >= 4 is 34.5 Å². The largest absolute Gasteiger partial charge is 0.457 e. The second kappa shape index (κ2) is 10.3. The van der Waals surface area contributed by atoms with Crippen LogP contribution >= 0.6 is 12.2 Å². The average Bonchev–Trinajstić information content (AvgIpc) is 3.07. The highest BCUT2D eigenvalue weighted by Gasteiger charge is 2.14. The van der Waals surface area contributed by atoms with Gasteiger partial charge in [-0.15, -0.1) is 0 Å². The van der Waals surface area contributed by atoms with Crippen molar-refractivity contribution in [2.75, 3.05) is 10.6 Å². The summed E-state index contributed by atoms with van der Waals surface area (Å²) in [6.07, 6.45) is 0. The Balaban J connectivity index is 1.45. The minimum atomic E-state index is 0.00808. The van der Waals surface area contributed by atoms with Gasteiger partial charge in [0.1, 0.15) is 11.5 Å². The molecule has 4 rings (SSSR count). The van der Waals surface area contributed by atoms with Crippen LogP contribution in [0.25, 0.3) is 0 Å². The van der Waals surface area contributed by atoms with E-state index in [1.807, 2.05) is 79.2 Å². The number of aromatic nitrogens is 2. The highest BCUT2D eigenvalue weighted by molar-refractivity contribution is 7.80. The van der Waals surface area contributed by atoms with Crippen molar-refractivity contribution in [3.63, 3.8) is 0 Å². The lowest BCUT2D eigenvalue weighted by molar-refractivity contribution is 0.101. The smallest absolute Gasteiger partial charge is 0.175 e. The number of benzene rings is 3. The molecule has 0 atom stereocenters. The van der Waals surface area contributed by atoms with Crippen LogP contribution in [-0.2, 0) is 6.54 Å². The Morgan fingerprint density at radius 1 is 0.941 bits per heavy atom. The quantitative estimate of drug-likeness (QED) is 0.242. The van der Waals surface area contributed by atoms with Gasteiger partial charge in [0.25, 0.3) is 0 Å². The number of aryl methyl sites for hydroxylation is 1. The second-order valence-corrected chi connectivity index (χ2v) is 8.39. The molecule has 7 heteroatoms. The monoisotopic (exact) mass is 470 g/mol. The number of rotatable bonds is 7. The fourth-order valence-electron chi connectivity index (χ4n) is 3.63. The van der Waals surface area contributed by atoms with Crippen LogP contribution in [-0.4, -0.2) is 20.7 Å². The predicted octanol–water partition coefficient (Wildman–Crippen LogP) is 6.35. The SMILES string of the molecule is CC(=O)c1cccc(NC(=S)Nc2c(C)nn(Cc3cccc(Oc4ccccc4)c3)c2C)c1. The lowest BCUT2D eigenvalue weighted by atomic mass is 10.1. The number of thiocarbonyl (C=S) groups is 1. The van der Waals surface area contributed by atoms with E-state index < -0.39 is 0 Å². The Labute approximate surface area is 204 Å². The first-order chi connectivity index (χ1) is 16.4. The maximum absolute atomic E-state index is 11.6. The summed E-state index contributed by atoms with van der Waals surface area (Å²) >= 11 is 5.50. The molecule has 0 saturated carbocycles. The third kappa shape index (κ3) is 5.68. The summed E-state index contributed by atoms with van der Waals surface area (Å²) in [4.78, 5) is 11.6. The summed E-state index contributed by atoms with van der Waals surface area (Å²) in [6.45, 7) is 6.09. The molecule has 1 aromatic heterocycles. The standard InChI is InChI=1S/C27H26N4O2S/c1-18-26(29-27(34)28-23-11-8-10-22(16-23)20(3)32)19(2)31(30-18)17-21-9-7-14-25(15-21)33-24-12-5-4-6-13-24/h4-16H,17H2,1-3H3,(H2,28,29,34). The first kappa shape index (κ1) is 23.2. The number of hydrogen-bond acceptors (Lipinski definition) is 4. The van der Waals surface area contributed by atoms with Gasteiger partial charge in [-0.3, -0.25) is 9.48 Å². The third-order valence-corrected chi connectivity index (χ3v) is 5.56. The number of nitrogens with zero attached hydrogens (tertiary/aromatic N) is 2. The van der Waals surface area contributed by atoms with Crippen molar-refractivity contribution in [2.45, 2.75) is 27.3 Å². The number of Topliss-reactive ketones (excluding diaryl/α,β-unsaturated/α-hetero) is 1. The molecule has 0 saturated heterocycles. The van der Waals surface area contributed by atoms with Gasteiger partial charge in [0.15, 0.2) is 10.9 Å². The molecule has 0 radical (unpaired) electrons. The Bertz CT molecular complexity index is 1330. The van der Waals surface area contributed by atoms with Crippen LogP contribution in [0, 0.1) is 13.8 Å². The molecule has 4 aromatic rings. The number of anilines is 2. The van der Waals surface area contributed by atoms with Crippen molar-refractivity contribution in [1.82, 2.24) is 9.78 Å². The molecular weight excluding hydrogens is 444 g/mol. The molecule has 1 heterocycles. The van der Waals surface area contributed by atoms with Gasteiger partial charge in [-0.2, -0.15) is 5.10 Å². The molecule has 34 heavy (non-hydrogen) atoms. The van der Waals surface area contributed by atoms with Gasteiger partial charge in [-0.1, -0.05) is 42.5 Å². The van der Waals surface area contributed by atoms with E-state index in [-0.39, 0.29) is 5.78 Å². The van der Waals surface area contributed by atoms with E-state index in [1.54, 1.807) is 19.1 Å². The summed E-state index contributed by atoms with van der Waals surface area (Å²) < 4.78 is 7.90. The van der Waals surface area contributed by atoms with E-state index >= 15 is 0 Å². The molecule has 0 aliphatic carbocycles. The number of hydrogen-bond donors (Lipinski definition) is 2. The molecule has 0 bridgehead atoms.